The smallest absolute Gasteiger partial charge is 0.288 e. The summed E-state index contributed by atoms with van der Waals surface area (Å²) in [6, 6.07) is 3.01. The fourth-order valence-corrected chi connectivity index (χ4v) is 2.45. The summed E-state index contributed by atoms with van der Waals surface area (Å²) in [6.07, 6.45) is 2.28. The van der Waals surface area contributed by atoms with Crippen molar-refractivity contribution in [3.63, 3.8) is 0 Å². The van der Waals surface area contributed by atoms with Crippen LogP contribution in [0, 0.1) is 21.7 Å². The van der Waals surface area contributed by atoms with Gasteiger partial charge < -0.3 is 9.84 Å². The van der Waals surface area contributed by atoms with E-state index in [0.29, 0.717) is 25.3 Å². The summed E-state index contributed by atoms with van der Waals surface area (Å²) in [5.74, 6) is -1.92. The Hall–Kier alpha value is -2.13. The van der Waals surface area contributed by atoms with Crippen LogP contribution in [-0.4, -0.2) is 21.6 Å². The first kappa shape index (κ1) is 18.2. The van der Waals surface area contributed by atoms with Crippen molar-refractivity contribution in [2.45, 2.75) is 19.3 Å². The fourth-order valence-electron chi connectivity index (χ4n) is 2.03. The Morgan fingerprint density at radius 2 is 2.04 bits per heavy atom. The molecule has 0 saturated heterocycles. The third kappa shape index (κ3) is 4.45. The van der Waals surface area contributed by atoms with Crippen LogP contribution >= 0.6 is 15.9 Å². The molecule has 0 saturated carbocycles. The number of aliphatic hydroxyl groups is 1. The summed E-state index contributed by atoms with van der Waals surface area (Å²) >= 11 is 3.08. The van der Waals surface area contributed by atoms with Gasteiger partial charge in [-0.3, -0.25) is 10.1 Å². The van der Waals surface area contributed by atoms with Crippen LogP contribution in [0.2, 0.25) is 0 Å². The molecular formula is C15H13BrF2N2O4. The second kappa shape index (κ2) is 8.11. The third-order valence-electron chi connectivity index (χ3n) is 3.14. The zero-order valence-electron chi connectivity index (χ0n) is 12.3. The Balaban J connectivity index is 2.33. The van der Waals surface area contributed by atoms with Crippen molar-refractivity contribution >= 4 is 21.6 Å². The average molecular weight is 403 g/mol. The van der Waals surface area contributed by atoms with Crippen molar-refractivity contribution in [2.24, 2.45) is 0 Å². The predicted molar refractivity (Wildman–Crippen MR) is 85.0 cm³/mol. The van der Waals surface area contributed by atoms with E-state index in [9.17, 15) is 18.9 Å². The Kier molecular flexibility index (Phi) is 6.16. The molecule has 0 aliphatic rings. The Morgan fingerprint density at radius 1 is 1.29 bits per heavy atom. The minimum absolute atomic E-state index is 0.0244. The van der Waals surface area contributed by atoms with Gasteiger partial charge in [0.15, 0.2) is 11.6 Å². The number of aliphatic hydroxyl groups excluding tert-OH is 1. The number of halogens is 3. The molecule has 6 nitrogen and oxygen atoms in total. The zero-order valence-corrected chi connectivity index (χ0v) is 13.9. The molecule has 0 atom stereocenters. The molecule has 0 bridgehead atoms. The molecule has 0 amide bonds. The second-order valence-corrected chi connectivity index (χ2v) is 5.75. The number of nitrogens with zero attached hydrogens (tertiary/aromatic N) is 2. The van der Waals surface area contributed by atoms with E-state index in [1.165, 1.54) is 6.07 Å². The van der Waals surface area contributed by atoms with E-state index in [4.69, 9.17) is 9.84 Å². The van der Waals surface area contributed by atoms with Gasteiger partial charge in [0.05, 0.1) is 9.40 Å². The van der Waals surface area contributed by atoms with Crippen LogP contribution in [-0.2, 0) is 6.42 Å². The molecule has 1 N–H and O–H groups in total. The Morgan fingerprint density at radius 3 is 2.67 bits per heavy atom. The van der Waals surface area contributed by atoms with E-state index in [-0.39, 0.29) is 34.0 Å². The number of ether oxygens (including phenoxy) is 1. The maximum absolute atomic E-state index is 14.1. The molecule has 1 heterocycles. The van der Waals surface area contributed by atoms with Gasteiger partial charge in [0.1, 0.15) is 12.0 Å². The number of aryl methyl sites for hydroxylation is 1. The van der Waals surface area contributed by atoms with E-state index in [1.54, 1.807) is 0 Å². The van der Waals surface area contributed by atoms with E-state index in [1.807, 2.05) is 0 Å². The number of rotatable bonds is 7. The molecule has 9 heteroatoms. The van der Waals surface area contributed by atoms with Gasteiger partial charge in [0.25, 0.3) is 5.69 Å². The van der Waals surface area contributed by atoms with Crippen molar-refractivity contribution < 1.29 is 23.5 Å². The van der Waals surface area contributed by atoms with Gasteiger partial charge in [0, 0.05) is 24.3 Å². The summed E-state index contributed by atoms with van der Waals surface area (Å²) in [7, 11) is 0. The lowest BCUT2D eigenvalue weighted by Gasteiger charge is -2.12. The summed E-state index contributed by atoms with van der Waals surface area (Å²) in [5.41, 5.74) is 0.0324. The number of hydrogen-bond acceptors (Lipinski definition) is 5. The summed E-state index contributed by atoms with van der Waals surface area (Å²) in [4.78, 5) is 13.9. The van der Waals surface area contributed by atoms with E-state index in [2.05, 4.69) is 20.9 Å². The molecule has 0 spiro atoms. The van der Waals surface area contributed by atoms with Crippen LogP contribution in [0.3, 0.4) is 0 Å². The molecule has 0 aliphatic carbocycles. The van der Waals surface area contributed by atoms with Gasteiger partial charge in [0.2, 0.25) is 5.88 Å². The summed E-state index contributed by atoms with van der Waals surface area (Å²) in [6.45, 7) is -0.0244. The van der Waals surface area contributed by atoms with Crippen LogP contribution < -0.4 is 4.74 Å². The number of pyridine rings is 1. The van der Waals surface area contributed by atoms with Crippen molar-refractivity contribution in [3.05, 3.63) is 56.2 Å². The quantitative estimate of drug-likeness (QED) is 0.427. The number of hydrogen-bond donors (Lipinski definition) is 1. The predicted octanol–water partition coefficient (Wildman–Crippen LogP) is 4.14. The molecular weight excluding hydrogens is 390 g/mol. The van der Waals surface area contributed by atoms with Gasteiger partial charge in [-0.15, -0.1) is 0 Å². The van der Waals surface area contributed by atoms with Crippen LogP contribution in [0.15, 0.2) is 28.9 Å². The van der Waals surface area contributed by atoms with Crippen LogP contribution in [0.4, 0.5) is 14.5 Å². The first-order chi connectivity index (χ1) is 11.4. The minimum atomic E-state index is -0.902. The minimum Gasteiger partial charge on any atom is -0.434 e. The number of benzene rings is 1. The number of aromatic nitrogens is 1. The Labute approximate surface area is 144 Å². The van der Waals surface area contributed by atoms with Crippen molar-refractivity contribution in [1.29, 1.82) is 0 Å². The molecule has 128 valence electrons. The standard InChI is InChI=1S/C15H13BrF2N2O4/c16-12-7-11(20(22)23)8-19-15(12)24-14-9(3-1-2-4-21)5-10(17)6-13(14)18/h5-8,21H,1-4H2. The highest BCUT2D eigenvalue weighted by Crippen LogP contribution is 2.34. The third-order valence-corrected chi connectivity index (χ3v) is 3.71. The molecule has 0 radical (unpaired) electrons. The number of unbranched alkanes of at least 4 members (excludes halogenated alkanes) is 1. The highest BCUT2D eigenvalue weighted by molar-refractivity contribution is 9.10. The van der Waals surface area contributed by atoms with Crippen molar-refractivity contribution in [3.8, 4) is 11.6 Å². The number of nitro groups is 1. The molecule has 2 rings (SSSR count). The van der Waals surface area contributed by atoms with Gasteiger partial charge in [-0.05, 0) is 41.3 Å². The maximum Gasteiger partial charge on any atom is 0.288 e. The molecule has 0 fully saturated rings. The molecule has 0 aliphatic heterocycles. The molecule has 1 aromatic carbocycles. The van der Waals surface area contributed by atoms with Gasteiger partial charge in [-0.2, -0.15) is 0 Å². The van der Waals surface area contributed by atoms with Crippen LogP contribution in [0.5, 0.6) is 11.6 Å². The fraction of sp³-hybridized carbons (Fsp3) is 0.267. The lowest BCUT2D eigenvalue weighted by Crippen LogP contribution is -2.00. The molecule has 1 aromatic heterocycles. The zero-order chi connectivity index (χ0) is 17.7. The Bertz CT molecular complexity index is 758. The largest absolute Gasteiger partial charge is 0.434 e. The summed E-state index contributed by atoms with van der Waals surface area (Å²) < 4.78 is 33.1. The topological polar surface area (TPSA) is 85.5 Å². The SMILES string of the molecule is O=[N+]([O-])c1cnc(Oc2c(F)cc(F)cc2CCCCO)c(Br)c1. The maximum atomic E-state index is 14.1. The lowest BCUT2D eigenvalue weighted by atomic mass is 10.1. The lowest BCUT2D eigenvalue weighted by molar-refractivity contribution is -0.385. The molecule has 0 unspecified atom stereocenters. The van der Waals surface area contributed by atoms with Crippen molar-refractivity contribution in [1.82, 2.24) is 4.98 Å². The van der Waals surface area contributed by atoms with Crippen LogP contribution in [0.25, 0.3) is 0 Å². The first-order valence-electron chi connectivity index (χ1n) is 6.99. The van der Waals surface area contributed by atoms with Gasteiger partial charge in [-0.1, -0.05) is 0 Å². The monoisotopic (exact) mass is 402 g/mol. The second-order valence-electron chi connectivity index (χ2n) is 4.90. The van der Waals surface area contributed by atoms with Crippen molar-refractivity contribution in [2.75, 3.05) is 6.61 Å². The highest BCUT2D eigenvalue weighted by Gasteiger charge is 2.18. The average Bonchev–Trinajstić information content (AvgIpc) is 2.51. The first-order valence-corrected chi connectivity index (χ1v) is 7.78. The molecule has 24 heavy (non-hydrogen) atoms. The summed E-state index contributed by atoms with van der Waals surface area (Å²) in [5, 5.41) is 19.5. The van der Waals surface area contributed by atoms with Gasteiger partial charge in [-0.25, -0.2) is 13.8 Å². The normalized spacial score (nSPS) is 10.7. The highest BCUT2D eigenvalue weighted by atomic mass is 79.9. The van der Waals surface area contributed by atoms with E-state index in [0.717, 1.165) is 12.3 Å². The van der Waals surface area contributed by atoms with E-state index < -0.39 is 16.6 Å². The van der Waals surface area contributed by atoms with Gasteiger partial charge >= 0.3 is 0 Å². The van der Waals surface area contributed by atoms with Crippen LogP contribution in [0.1, 0.15) is 18.4 Å². The molecule has 2 aromatic rings. The van der Waals surface area contributed by atoms with E-state index >= 15 is 0 Å².